The minimum absolute atomic E-state index is 0.575. The van der Waals surface area contributed by atoms with E-state index in [4.69, 9.17) is 0 Å². The van der Waals surface area contributed by atoms with Gasteiger partial charge in [-0.15, -0.1) is 0 Å². The summed E-state index contributed by atoms with van der Waals surface area (Å²) >= 11 is 0. The number of hydrogen-bond donors (Lipinski definition) is 1. The maximum absolute atomic E-state index is 2.62. The molecule has 3 rings (SSSR count). The van der Waals surface area contributed by atoms with Gasteiger partial charge in [0, 0.05) is 25.2 Å². The Morgan fingerprint density at radius 2 is 2.12 bits per heavy atom. The van der Waals surface area contributed by atoms with Crippen LogP contribution in [-0.2, 0) is 0 Å². The molecule has 17 heavy (non-hydrogen) atoms. The molecule has 0 bridgehead atoms. The lowest BCUT2D eigenvalue weighted by atomic mass is 9.85. The lowest BCUT2D eigenvalue weighted by Crippen LogP contribution is -2.93. The molecule has 90 valence electrons. The summed E-state index contributed by atoms with van der Waals surface area (Å²) in [4.78, 5) is 0. The third-order valence-electron chi connectivity index (χ3n) is 4.68. The predicted molar refractivity (Wildman–Crippen MR) is 71.6 cm³/mol. The highest BCUT2D eigenvalue weighted by Crippen LogP contribution is 2.39. The van der Waals surface area contributed by atoms with Crippen LogP contribution in [0.25, 0.3) is 6.08 Å². The van der Waals surface area contributed by atoms with Crippen molar-refractivity contribution < 1.29 is 5.32 Å². The molecule has 1 heteroatoms. The van der Waals surface area contributed by atoms with E-state index in [1.54, 1.807) is 0 Å². The fourth-order valence-corrected chi connectivity index (χ4v) is 3.77. The summed E-state index contributed by atoms with van der Waals surface area (Å²) in [5.41, 5.74) is 1.90. The Morgan fingerprint density at radius 3 is 3.00 bits per heavy atom. The molecule has 0 spiro atoms. The van der Waals surface area contributed by atoms with E-state index in [2.05, 4.69) is 47.8 Å². The van der Waals surface area contributed by atoms with Crippen molar-refractivity contribution in [3.63, 3.8) is 0 Å². The molecule has 1 nitrogen and oxygen atoms in total. The van der Waals surface area contributed by atoms with Crippen LogP contribution in [0.15, 0.2) is 36.4 Å². The minimum atomic E-state index is 0.575. The van der Waals surface area contributed by atoms with Gasteiger partial charge < -0.3 is 5.32 Å². The van der Waals surface area contributed by atoms with E-state index in [-0.39, 0.29) is 0 Å². The zero-order chi connectivity index (χ0) is 11.6. The number of quaternary nitrogens is 1. The van der Waals surface area contributed by atoms with Gasteiger partial charge in [-0.2, -0.15) is 0 Å². The van der Waals surface area contributed by atoms with Crippen molar-refractivity contribution in [1.82, 2.24) is 0 Å². The lowest BCUT2D eigenvalue weighted by Gasteiger charge is -2.24. The van der Waals surface area contributed by atoms with E-state index < -0.39 is 0 Å². The number of nitrogens with two attached hydrogens (primary N) is 1. The summed E-state index contributed by atoms with van der Waals surface area (Å²) in [5, 5.41) is 2.62. The quantitative estimate of drug-likeness (QED) is 0.819. The van der Waals surface area contributed by atoms with Crippen LogP contribution in [0.4, 0.5) is 0 Å². The number of benzene rings is 1. The first-order chi connectivity index (χ1) is 8.39. The molecule has 2 aliphatic rings. The van der Waals surface area contributed by atoms with Gasteiger partial charge in [0.2, 0.25) is 0 Å². The molecule has 1 saturated carbocycles. The van der Waals surface area contributed by atoms with Crippen LogP contribution < -0.4 is 5.32 Å². The zero-order valence-corrected chi connectivity index (χ0v) is 10.4. The second-order valence-corrected chi connectivity index (χ2v) is 5.62. The minimum Gasteiger partial charge on any atom is -0.341 e. The van der Waals surface area contributed by atoms with Crippen molar-refractivity contribution >= 4 is 6.08 Å². The van der Waals surface area contributed by atoms with Crippen molar-refractivity contribution in [2.75, 3.05) is 6.54 Å². The molecule has 0 amide bonds. The normalized spacial score (nSPS) is 32.1. The molecular weight excluding hydrogens is 206 g/mol. The van der Waals surface area contributed by atoms with Gasteiger partial charge >= 0.3 is 0 Å². The Balaban J connectivity index is 1.66. The van der Waals surface area contributed by atoms with E-state index in [1.165, 1.54) is 44.2 Å². The molecular formula is C16H22N+. The highest BCUT2D eigenvalue weighted by Gasteiger charge is 2.48. The molecule has 1 aromatic rings. The number of hydrogen-bond acceptors (Lipinski definition) is 0. The molecule has 1 aliphatic carbocycles. The molecule has 0 aromatic heterocycles. The SMILES string of the molecule is C(=C\c1ccccc1)/C[C@]12CCC[C@H]1CC[NH2+]2. The Morgan fingerprint density at radius 1 is 1.24 bits per heavy atom. The van der Waals surface area contributed by atoms with Crippen molar-refractivity contribution in [3.8, 4) is 0 Å². The van der Waals surface area contributed by atoms with Crippen LogP contribution in [0, 0.1) is 5.92 Å². The van der Waals surface area contributed by atoms with E-state index in [1.807, 2.05) is 0 Å². The van der Waals surface area contributed by atoms with Crippen LogP contribution in [0.5, 0.6) is 0 Å². The molecule has 0 unspecified atom stereocenters. The van der Waals surface area contributed by atoms with Crippen LogP contribution in [0.1, 0.15) is 37.7 Å². The molecule has 1 aliphatic heterocycles. The summed E-state index contributed by atoms with van der Waals surface area (Å²) in [6.07, 6.45) is 11.7. The van der Waals surface area contributed by atoms with Gasteiger partial charge in [0.25, 0.3) is 0 Å². The Bertz CT molecular complexity index is 383. The summed E-state index contributed by atoms with van der Waals surface area (Å²) < 4.78 is 0. The van der Waals surface area contributed by atoms with Crippen LogP contribution >= 0.6 is 0 Å². The van der Waals surface area contributed by atoms with Crippen LogP contribution in [0.2, 0.25) is 0 Å². The topological polar surface area (TPSA) is 16.6 Å². The summed E-state index contributed by atoms with van der Waals surface area (Å²) in [5.74, 6) is 0.989. The van der Waals surface area contributed by atoms with E-state index in [9.17, 15) is 0 Å². The molecule has 1 aromatic carbocycles. The van der Waals surface area contributed by atoms with Crippen molar-refractivity contribution in [1.29, 1.82) is 0 Å². The molecule has 2 atom stereocenters. The Hall–Kier alpha value is -1.08. The zero-order valence-electron chi connectivity index (χ0n) is 10.4. The van der Waals surface area contributed by atoms with Crippen molar-refractivity contribution in [3.05, 3.63) is 42.0 Å². The largest absolute Gasteiger partial charge is 0.341 e. The molecule has 2 fully saturated rings. The molecule has 1 heterocycles. The summed E-state index contributed by atoms with van der Waals surface area (Å²) in [6, 6.07) is 10.7. The third-order valence-corrected chi connectivity index (χ3v) is 4.68. The second-order valence-electron chi connectivity index (χ2n) is 5.62. The summed E-state index contributed by atoms with van der Waals surface area (Å²) in [6.45, 7) is 1.35. The van der Waals surface area contributed by atoms with Gasteiger partial charge in [0.05, 0.1) is 6.54 Å². The number of fused-ring (bicyclic) bond motifs is 1. The monoisotopic (exact) mass is 228 g/mol. The number of rotatable bonds is 3. The van der Waals surface area contributed by atoms with Crippen molar-refractivity contribution in [2.24, 2.45) is 5.92 Å². The van der Waals surface area contributed by atoms with Gasteiger partial charge in [-0.3, -0.25) is 0 Å². The molecule has 0 radical (unpaired) electrons. The van der Waals surface area contributed by atoms with Gasteiger partial charge in [-0.1, -0.05) is 42.5 Å². The first-order valence-electron chi connectivity index (χ1n) is 6.95. The maximum Gasteiger partial charge on any atom is 0.103 e. The van der Waals surface area contributed by atoms with Gasteiger partial charge in [0.1, 0.15) is 5.54 Å². The van der Waals surface area contributed by atoms with Crippen LogP contribution in [0.3, 0.4) is 0 Å². The van der Waals surface area contributed by atoms with E-state index in [0.717, 1.165) is 5.92 Å². The van der Waals surface area contributed by atoms with Gasteiger partial charge in [-0.25, -0.2) is 0 Å². The van der Waals surface area contributed by atoms with Gasteiger partial charge in [0.15, 0.2) is 0 Å². The van der Waals surface area contributed by atoms with E-state index >= 15 is 0 Å². The fraction of sp³-hybridized carbons (Fsp3) is 0.500. The second kappa shape index (κ2) is 4.66. The van der Waals surface area contributed by atoms with Crippen LogP contribution in [-0.4, -0.2) is 12.1 Å². The standard InChI is InChI=1S/C16H21N/c1-2-6-14(7-3-1)8-4-11-16-12-5-9-15(16)10-13-17-16/h1-4,6-8,15,17H,5,9-13H2/p+1/b8-4+/t15-,16-/m0/s1. The summed E-state index contributed by atoms with van der Waals surface area (Å²) in [7, 11) is 0. The molecule has 2 N–H and O–H groups in total. The smallest absolute Gasteiger partial charge is 0.103 e. The highest BCUT2D eigenvalue weighted by molar-refractivity contribution is 5.48. The van der Waals surface area contributed by atoms with Gasteiger partial charge in [-0.05, 0) is 18.4 Å². The fourth-order valence-electron chi connectivity index (χ4n) is 3.77. The van der Waals surface area contributed by atoms with Crippen molar-refractivity contribution in [2.45, 2.75) is 37.6 Å². The average Bonchev–Trinajstić information content (AvgIpc) is 2.89. The highest BCUT2D eigenvalue weighted by atomic mass is 15.0. The van der Waals surface area contributed by atoms with E-state index in [0.29, 0.717) is 5.54 Å². The lowest BCUT2D eigenvalue weighted by molar-refractivity contribution is -0.709. The first-order valence-corrected chi connectivity index (χ1v) is 6.95. The third kappa shape index (κ3) is 2.16. The molecule has 1 saturated heterocycles. The Labute approximate surface area is 104 Å². The first kappa shape index (κ1) is 11.0. The Kier molecular flexibility index (Phi) is 3.02. The maximum atomic E-state index is 2.62. The average molecular weight is 228 g/mol. The predicted octanol–water partition coefficient (Wildman–Crippen LogP) is 2.60.